The van der Waals surface area contributed by atoms with Gasteiger partial charge in [0.2, 0.25) is 17.8 Å². The first-order valence-corrected chi connectivity index (χ1v) is 14.9. The summed E-state index contributed by atoms with van der Waals surface area (Å²) < 4.78 is 1.76. The molecule has 0 bridgehead atoms. The maximum absolute atomic E-state index is 13.1. The Balaban J connectivity index is 0.926. The average Bonchev–Trinajstić information content (AvgIpc) is 3.48. The lowest BCUT2D eigenvalue weighted by Crippen LogP contribution is -2.50. The van der Waals surface area contributed by atoms with Gasteiger partial charge in [0.15, 0.2) is 0 Å². The van der Waals surface area contributed by atoms with Crippen LogP contribution in [0.2, 0.25) is 0 Å². The highest BCUT2D eigenvalue weighted by Crippen LogP contribution is 2.31. The molecule has 1 saturated carbocycles. The van der Waals surface area contributed by atoms with Crippen LogP contribution in [0.4, 0.5) is 5.95 Å². The minimum atomic E-state index is -0.0214. The Labute approximate surface area is 240 Å². The van der Waals surface area contributed by atoms with Crippen molar-refractivity contribution < 1.29 is 9.59 Å². The maximum atomic E-state index is 13.1. The van der Waals surface area contributed by atoms with Crippen LogP contribution < -0.4 is 15.7 Å². The van der Waals surface area contributed by atoms with Crippen molar-refractivity contribution in [3.05, 3.63) is 65.4 Å². The molecular formula is C31H38N8O2. The van der Waals surface area contributed by atoms with Crippen molar-refractivity contribution in [3.8, 4) is 11.3 Å². The van der Waals surface area contributed by atoms with Crippen molar-refractivity contribution in [3.63, 3.8) is 0 Å². The number of hydrogen-bond acceptors (Lipinski definition) is 7. The number of unbranched alkanes of at least 4 members (excludes halogenated alkanes) is 1. The minimum Gasteiger partial charge on any atom is -0.353 e. The molecule has 2 unspecified atom stereocenters. The van der Waals surface area contributed by atoms with Crippen molar-refractivity contribution in [1.29, 1.82) is 5.41 Å². The molecule has 1 saturated heterocycles. The molecule has 214 valence electrons. The van der Waals surface area contributed by atoms with Crippen molar-refractivity contribution in [2.45, 2.75) is 64.0 Å². The lowest BCUT2D eigenvalue weighted by Gasteiger charge is -2.35. The van der Waals surface area contributed by atoms with Gasteiger partial charge in [0.1, 0.15) is 5.49 Å². The highest BCUT2D eigenvalue weighted by atomic mass is 16.2. The van der Waals surface area contributed by atoms with E-state index in [9.17, 15) is 9.59 Å². The van der Waals surface area contributed by atoms with Crippen LogP contribution in [-0.4, -0.2) is 68.7 Å². The molecule has 2 atom stereocenters. The Bertz CT molecular complexity index is 1450. The summed E-state index contributed by atoms with van der Waals surface area (Å²) >= 11 is 0. The number of fused-ring (bicyclic) bond motifs is 3. The summed E-state index contributed by atoms with van der Waals surface area (Å²) in [5.74, 6) is 0.945. The van der Waals surface area contributed by atoms with Crippen molar-refractivity contribution in [2.24, 2.45) is 5.92 Å². The lowest BCUT2D eigenvalue weighted by molar-refractivity contribution is -0.135. The van der Waals surface area contributed by atoms with Gasteiger partial charge in [-0.25, -0.2) is 14.6 Å². The third-order valence-electron chi connectivity index (χ3n) is 8.65. The summed E-state index contributed by atoms with van der Waals surface area (Å²) in [6.07, 6.45) is 9.73. The third-order valence-corrected chi connectivity index (χ3v) is 8.65. The predicted molar refractivity (Wildman–Crippen MR) is 155 cm³/mol. The number of piperazine rings is 1. The smallest absolute Gasteiger partial charge is 0.225 e. The van der Waals surface area contributed by atoms with Crippen LogP contribution >= 0.6 is 0 Å². The Morgan fingerprint density at radius 1 is 0.951 bits per heavy atom. The van der Waals surface area contributed by atoms with Gasteiger partial charge in [-0.15, -0.1) is 0 Å². The highest BCUT2D eigenvalue weighted by Gasteiger charge is 2.34. The number of benzene rings is 1. The van der Waals surface area contributed by atoms with Crippen molar-refractivity contribution in [2.75, 3.05) is 31.1 Å². The molecule has 10 heteroatoms. The second-order valence-electron chi connectivity index (χ2n) is 11.4. The molecular weight excluding hydrogens is 516 g/mol. The zero-order valence-corrected chi connectivity index (χ0v) is 23.5. The molecule has 1 aromatic carbocycles. The molecule has 0 spiro atoms. The van der Waals surface area contributed by atoms with Gasteiger partial charge in [0.25, 0.3) is 0 Å². The van der Waals surface area contributed by atoms with Crippen LogP contribution in [0.3, 0.4) is 0 Å². The largest absolute Gasteiger partial charge is 0.353 e. The Hall–Kier alpha value is -4.08. The third kappa shape index (κ3) is 6.16. The standard InChI is InChI=1S/C31H38N8O2/c32-27-21-23-10-9-22-6-1-2-7-26(22)29(23)36-39(27)15-4-3-8-28(40)35-25-12-11-24(20-25)30(41)37-16-18-38(19-17-37)31-33-13-5-14-34-31/h1-2,5-7,13-14,21,24-25,32H,3-4,8-12,15-20H2,(H,35,40). The summed E-state index contributed by atoms with van der Waals surface area (Å²) in [4.78, 5) is 38.5. The van der Waals surface area contributed by atoms with Gasteiger partial charge in [-0.2, -0.15) is 5.10 Å². The van der Waals surface area contributed by atoms with E-state index in [4.69, 9.17) is 10.5 Å². The van der Waals surface area contributed by atoms with Crippen molar-refractivity contribution >= 4 is 17.8 Å². The quantitative estimate of drug-likeness (QED) is 0.413. The first-order valence-electron chi connectivity index (χ1n) is 14.9. The Morgan fingerprint density at radius 3 is 2.56 bits per heavy atom. The zero-order chi connectivity index (χ0) is 28.2. The van der Waals surface area contributed by atoms with Gasteiger partial charge < -0.3 is 15.1 Å². The molecule has 2 aromatic heterocycles. The predicted octanol–water partition coefficient (Wildman–Crippen LogP) is 2.72. The van der Waals surface area contributed by atoms with E-state index in [0.29, 0.717) is 43.9 Å². The van der Waals surface area contributed by atoms with E-state index in [1.54, 1.807) is 23.1 Å². The normalized spacial score (nSPS) is 19.9. The molecule has 6 rings (SSSR count). The molecule has 2 amide bonds. The maximum Gasteiger partial charge on any atom is 0.225 e. The molecule has 0 radical (unpaired) electrons. The SMILES string of the molecule is N=c1cc2c(nn1CCCCC(=O)NC1CCC(C(=O)N3CCN(c4ncccn4)CC3)C1)-c1ccccc1CC2. The van der Waals surface area contributed by atoms with E-state index in [0.717, 1.165) is 62.9 Å². The van der Waals surface area contributed by atoms with Crippen LogP contribution in [0.15, 0.2) is 48.8 Å². The van der Waals surface area contributed by atoms with Crippen molar-refractivity contribution in [1.82, 2.24) is 30.0 Å². The van der Waals surface area contributed by atoms with Gasteiger partial charge in [-0.05, 0) is 68.2 Å². The van der Waals surface area contributed by atoms with E-state index in [2.05, 4.69) is 38.4 Å². The summed E-state index contributed by atoms with van der Waals surface area (Å²) in [5, 5.41) is 16.4. The number of aromatic nitrogens is 4. The minimum absolute atomic E-state index is 0.0214. The van der Waals surface area contributed by atoms with Crippen LogP contribution in [0, 0.1) is 11.3 Å². The Kier molecular flexibility index (Phi) is 8.07. The monoisotopic (exact) mass is 554 g/mol. The fraction of sp³-hybridized carbons (Fsp3) is 0.484. The topological polar surface area (TPSA) is 120 Å². The molecule has 3 heterocycles. The summed E-state index contributed by atoms with van der Waals surface area (Å²) in [7, 11) is 0. The molecule has 1 aliphatic heterocycles. The number of amides is 2. The molecule has 2 aliphatic carbocycles. The summed E-state index contributed by atoms with van der Waals surface area (Å²) in [6.45, 7) is 3.43. The number of nitrogens with one attached hydrogen (secondary N) is 2. The van der Waals surface area contributed by atoms with Crippen LogP contribution in [0.25, 0.3) is 11.3 Å². The van der Waals surface area contributed by atoms with E-state index in [1.165, 1.54) is 11.1 Å². The van der Waals surface area contributed by atoms with Gasteiger partial charge >= 0.3 is 0 Å². The first kappa shape index (κ1) is 27.1. The number of aryl methyl sites for hydroxylation is 3. The van der Waals surface area contributed by atoms with E-state index in [-0.39, 0.29) is 23.8 Å². The second-order valence-corrected chi connectivity index (χ2v) is 11.4. The number of carbonyl (C=O) groups is 2. The molecule has 41 heavy (non-hydrogen) atoms. The Morgan fingerprint density at radius 2 is 1.73 bits per heavy atom. The van der Waals surface area contributed by atoms with Crippen LogP contribution in [0.1, 0.15) is 49.7 Å². The van der Waals surface area contributed by atoms with E-state index >= 15 is 0 Å². The average molecular weight is 555 g/mol. The van der Waals surface area contributed by atoms with E-state index < -0.39 is 0 Å². The van der Waals surface area contributed by atoms with Crippen LogP contribution in [0.5, 0.6) is 0 Å². The number of hydrogen-bond donors (Lipinski definition) is 2. The highest BCUT2D eigenvalue weighted by molar-refractivity contribution is 5.80. The molecule has 3 aliphatic rings. The van der Waals surface area contributed by atoms with Gasteiger partial charge in [-0.3, -0.25) is 15.0 Å². The second kappa shape index (κ2) is 12.2. The number of nitrogens with zero attached hydrogens (tertiary/aromatic N) is 6. The molecule has 2 N–H and O–H groups in total. The number of anilines is 1. The molecule has 3 aromatic rings. The van der Waals surface area contributed by atoms with Gasteiger partial charge in [0.05, 0.1) is 5.69 Å². The van der Waals surface area contributed by atoms with Gasteiger partial charge in [-0.1, -0.05) is 24.3 Å². The molecule has 10 nitrogen and oxygen atoms in total. The van der Waals surface area contributed by atoms with Gasteiger partial charge in [0, 0.05) is 69.1 Å². The fourth-order valence-electron chi connectivity index (χ4n) is 6.40. The number of rotatable bonds is 8. The summed E-state index contributed by atoms with van der Waals surface area (Å²) in [6, 6.07) is 12.2. The van der Waals surface area contributed by atoms with E-state index in [1.807, 2.05) is 17.0 Å². The molecule has 2 fully saturated rings. The van der Waals surface area contributed by atoms with Crippen LogP contribution in [-0.2, 0) is 29.0 Å². The first-order chi connectivity index (χ1) is 20.0. The summed E-state index contributed by atoms with van der Waals surface area (Å²) in [5.41, 5.74) is 5.02. The zero-order valence-electron chi connectivity index (χ0n) is 23.5. The fourth-order valence-corrected chi connectivity index (χ4v) is 6.40. The lowest BCUT2D eigenvalue weighted by atomic mass is 9.89. The number of carbonyl (C=O) groups excluding carboxylic acids is 2.